The van der Waals surface area contributed by atoms with Gasteiger partial charge in [0.1, 0.15) is 4.83 Å². The largest absolute Gasteiger partial charge is 0.493 e. The first-order valence-electron chi connectivity index (χ1n) is 8.55. The van der Waals surface area contributed by atoms with Crippen LogP contribution in [0.5, 0.6) is 11.5 Å². The summed E-state index contributed by atoms with van der Waals surface area (Å²) in [6, 6.07) is 3.70. The molecule has 2 aromatic heterocycles. The molecule has 1 aromatic carbocycles. The Morgan fingerprint density at radius 2 is 1.97 bits per heavy atom. The fourth-order valence-electron chi connectivity index (χ4n) is 2.74. The molecule has 1 unspecified atom stereocenters. The number of hydrogen-bond acceptors (Lipinski definition) is 7. The molecule has 0 aliphatic carbocycles. The number of aromatic amines is 1. The van der Waals surface area contributed by atoms with Gasteiger partial charge in [0, 0.05) is 4.88 Å². The third kappa shape index (κ3) is 4.21. The van der Waals surface area contributed by atoms with Crippen molar-refractivity contribution in [2.75, 3.05) is 7.11 Å². The van der Waals surface area contributed by atoms with Gasteiger partial charge >= 0.3 is 12.6 Å². The number of thiophene rings is 1. The van der Waals surface area contributed by atoms with Crippen LogP contribution in [0.15, 0.2) is 23.0 Å². The van der Waals surface area contributed by atoms with Gasteiger partial charge in [0.05, 0.1) is 18.1 Å². The summed E-state index contributed by atoms with van der Waals surface area (Å²) in [7, 11) is 1.26. The quantitative estimate of drug-likeness (QED) is 0.599. The maximum atomic E-state index is 12.5. The third-order valence-electron chi connectivity index (χ3n) is 4.34. The van der Waals surface area contributed by atoms with Crippen molar-refractivity contribution in [1.29, 1.82) is 0 Å². The monoisotopic (exact) mass is 424 g/mol. The van der Waals surface area contributed by atoms with Crippen molar-refractivity contribution < 1.29 is 27.8 Å². The number of halogens is 2. The molecule has 0 saturated heterocycles. The summed E-state index contributed by atoms with van der Waals surface area (Å²) in [6.45, 7) is 2.30. The Bertz CT molecular complexity index is 1130. The van der Waals surface area contributed by atoms with Crippen molar-refractivity contribution in [2.45, 2.75) is 33.5 Å². The summed E-state index contributed by atoms with van der Waals surface area (Å²) in [5, 5.41) is 0.522. The number of H-pyrrole nitrogens is 1. The molecule has 0 bridgehead atoms. The molecule has 3 rings (SSSR count). The van der Waals surface area contributed by atoms with Crippen LogP contribution in [-0.4, -0.2) is 29.7 Å². The molecular weight excluding hydrogens is 406 g/mol. The Hall–Kier alpha value is -3.01. The highest BCUT2D eigenvalue weighted by Crippen LogP contribution is 2.31. The zero-order chi connectivity index (χ0) is 21.3. The van der Waals surface area contributed by atoms with E-state index in [9.17, 15) is 18.4 Å². The molecule has 0 aliphatic rings. The Kier molecular flexibility index (Phi) is 5.83. The van der Waals surface area contributed by atoms with Crippen LogP contribution in [-0.2, 0) is 4.74 Å². The van der Waals surface area contributed by atoms with Gasteiger partial charge in [-0.05, 0) is 44.5 Å². The van der Waals surface area contributed by atoms with E-state index in [1.165, 1.54) is 36.6 Å². The molecule has 7 nitrogen and oxygen atoms in total. The number of hydrogen-bond donors (Lipinski definition) is 1. The first-order valence-corrected chi connectivity index (χ1v) is 9.36. The molecule has 0 spiro atoms. The number of rotatable bonds is 6. The molecule has 0 saturated carbocycles. The van der Waals surface area contributed by atoms with Crippen LogP contribution in [0.4, 0.5) is 8.78 Å². The number of alkyl halides is 2. The average Bonchev–Trinajstić information content (AvgIpc) is 2.95. The van der Waals surface area contributed by atoms with Crippen LogP contribution in [0, 0.1) is 13.8 Å². The fourth-order valence-corrected chi connectivity index (χ4v) is 3.77. The van der Waals surface area contributed by atoms with Gasteiger partial charge < -0.3 is 19.2 Å². The summed E-state index contributed by atoms with van der Waals surface area (Å²) >= 11 is 1.39. The van der Waals surface area contributed by atoms with E-state index in [2.05, 4.69) is 14.7 Å². The highest BCUT2D eigenvalue weighted by molar-refractivity contribution is 7.18. The SMILES string of the molecule is COc1cc(C(=O)OC(C)c2nc3sc(C)c(C)c3c(=O)[nH]2)ccc1OC(F)F. The lowest BCUT2D eigenvalue weighted by atomic mass is 10.2. The summed E-state index contributed by atoms with van der Waals surface area (Å²) < 4.78 is 39.5. The van der Waals surface area contributed by atoms with Gasteiger partial charge in [0.25, 0.3) is 5.56 Å². The topological polar surface area (TPSA) is 90.5 Å². The molecule has 29 heavy (non-hydrogen) atoms. The number of ether oxygens (including phenoxy) is 3. The highest BCUT2D eigenvalue weighted by atomic mass is 32.1. The van der Waals surface area contributed by atoms with E-state index in [0.717, 1.165) is 10.4 Å². The molecule has 0 amide bonds. The van der Waals surface area contributed by atoms with Crippen LogP contribution in [0.1, 0.15) is 39.7 Å². The summed E-state index contributed by atoms with van der Waals surface area (Å²) in [5.74, 6) is -0.765. The Balaban J connectivity index is 1.83. The molecule has 154 valence electrons. The minimum Gasteiger partial charge on any atom is -0.493 e. The molecule has 3 aromatic rings. The van der Waals surface area contributed by atoms with E-state index in [1.807, 2.05) is 13.8 Å². The number of nitrogens with one attached hydrogen (secondary N) is 1. The van der Waals surface area contributed by atoms with Gasteiger partial charge in [-0.1, -0.05) is 0 Å². The molecule has 0 radical (unpaired) electrons. The molecule has 0 fully saturated rings. The number of carbonyl (C=O) groups excluding carboxylic acids is 1. The number of benzene rings is 1. The van der Waals surface area contributed by atoms with Crippen molar-refractivity contribution in [3.05, 3.63) is 50.4 Å². The minimum absolute atomic E-state index is 0.0371. The van der Waals surface area contributed by atoms with Crippen LogP contribution in [0.25, 0.3) is 10.2 Å². The molecule has 1 atom stereocenters. The number of esters is 1. The summed E-state index contributed by atoms with van der Waals surface area (Å²) in [5.41, 5.74) is 0.639. The maximum absolute atomic E-state index is 12.5. The van der Waals surface area contributed by atoms with E-state index in [-0.39, 0.29) is 28.4 Å². The van der Waals surface area contributed by atoms with E-state index in [0.29, 0.717) is 10.2 Å². The van der Waals surface area contributed by atoms with E-state index < -0.39 is 18.7 Å². The van der Waals surface area contributed by atoms with Crippen molar-refractivity contribution in [1.82, 2.24) is 9.97 Å². The van der Waals surface area contributed by atoms with Crippen LogP contribution in [0.3, 0.4) is 0 Å². The van der Waals surface area contributed by atoms with Gasteiger partial charge in [0.2, 0.25) is 0 Å². The zero-order valence-corrected chi connectivity index (χ0v) is 16.9. The maximum Gasteiger partial charge on any atom is 0.387 e. The lowest BCUT2D eigenvalue weighted by Gasteiger charge is -2.14. The smallest absolute Gasteiger partial charge is 0.387 e. The molecule has 1 N–H and O–H groups in total. The molecule has 0 aliphatic heterocycles. The second-order valence-corrected chi connectivity index (χ2v) is 7.41. The Labute approximate surface area is 168 Å². The summed E-state index contributed by atoms with van der Waals surface area (Å²) in [4.78, 5) is 33.4. The normalized spacial score (nSPS) is 12.2. The van der Waals surface area contributed by atoms with E-state index in [1.54, 1.807) is 6.92 Å². The fraction of sp³-hybridized carbons (Fsp3) is 0.316. The Morgan fingerprint density at radius 1 is 1.24 bits per heavy atom. The van der Waals surface area contributed by atoms with E-state index in [4.69, 9.17) is 9.47 Å². The lowest BCUT2D eigenvalue weighted by molar-refractivity contribution is -0.0512. The lowest BCUT2D eigenvalue weighted by Crippen LogP contribution is -2.17. The zero-order valence-electron chi connectivity index (χ0n) is 16.0. The third-order valence-corrected chi connectivity index (χ3v) is 5.44. The molecule has 2 heterocycles. The molecular formula is C19H18F2N2O5S. The van der Waals surface area contributed by atoms with Crippen molar-refractivity contribution in [3.8, 4) is 11.5 Å². The minimum atomic E-state index is -3.02. The van der Waals surface area contributed by atoms with Gasteiger partial charge in [-0.3, -0.25) is 4.79 Å². The van der Waals surface area contributed by atoms with E-state index >= 15 is 0 Å². The van der Waals surface area contributed by atoms with Crippen molar-refractivity contribution in [3.63, 3.8) is 0 Å². The van der Waals surface area contributed by atoms with Gasteiger partial charge in [0.15, 0.2) is 23.4 Å². The highest BCUT2D eigenvalue weighted by Gasteiger charge is 2.20. The van der Waals surface area contributed by atoms with Gasteiger partial charge in [-0.15, -0.1) is 11.3 Å². The number of carbonyl (C=O) groups is 1. The predicted octanol–water partition coefficient (Wildman–Crippen LogP) is 4.13. The van der Waals surface area contributed by atoms with Crippen LogP contribution >= 0.6 is 11.3 Å². The van der Waals surface area contributed by atoms with Crippen LogP contribution in [0.2, 0.25) is 0 Å². The average molecular weight is 424 g/mol. The van der Waals surface area contributed by atoms with Gasteiger partial charge in [-0.2, -0.15) is 8.78 Å². The number of nitrogens with zero attached hydrogens (tertiary/aromatic N) is 1. The Morgan fingerprint density at radius 3 is 2.62 bits per heavy atom. The second kappa shape index (κ2) is 8.16. The summed E-state index contributed by atoms with van der Waals surface area (Å²) in [6.07, 6.45) is -0.842. The number of aryl methyl sites for hydroxylation is 2. The van der Waals surface area contributed by atoms with Gasteiger partial charge in [-0.25, -0.2) is 9.78 Å². The molecule has 10 heteroatoms. The number of aromatic nitrogens is 2. The first kappa shape index (κ1) is 20.7. The van der Waals surface area contributed by atoms with Crippen molar-refractivity contribution in [2.24, 2.45) is 0 Å². The second-order valence-electron chi connectivity index (χ2n) is 6.21. The number of methoxy groups -OCH3 is 1. The first-order chi connectivity index (χ1) is 13.7. The van der Waals surface area contributed by atoms with Crippen molar-refractivity contribution >= 4 is 27.5 Å². The van der Waals surface area contributed by atoms with Crippen LogP contribution < -0.4 is 15.0 Å². The standard InChI is InChI=1S/C19H18F2N2O5S/c1-8-10(3)29-17-14(8)16(24)22-15(23-17)9(2)27-18(25)11-5-6-12(28-19(20)21)13(7-11)26-4/h5-7,9,19H,1-4H3,(H,22,23,24). The number of fused-ring (bicyclic) bond motifs is 1. The predicted molar refractivity (Wildman–Crippen MR) is 103 cm³/mol.